The van der Waals surface area contributed by atoms with E-state index in [1.54, 1.807) is 4.88 Å². The van der Waals surface area contributed by atoms with Crippen molar-refractivity contribution in [3.8, 4) is 0 Å². The van der Waals surface area contributed by atoms with Crippen molar-refractivity contribution < 1.29 is 0 Å². The Hall–Kier alpha value is -0.550. The summed E-state index contributed by atoms with van der Waals surface area (Å²) in [4.78, 5) is 1.59. The second kappa shape index (κ2) is 6.48. The van der Waals surface area contributed by atoms with E-state index in [0.29, 0.717) is 6.04 Å². The van der Waals surface area contributed by atoms with Crippen molar-refractivity contribution in [2.45, 2.75) is 45.1 Å². The Morgan fingerprint density at radius 2 is 2.20 bits per heavy atom. The first-order valence-corrected chi connectivity index (χ1v) is 9.30. The summed E-state index contributed by atoms with van der Waals surface area (Å²) in [6.07, 6.45) is 6.17. The fraction of sp³-hybridized carbons (Fsp3) is 0.412. The van der Waals surface area contributed by atoms with Crippen LogP contribution in [0, 0.1) is 2.88 Å². The quantitative estimate of drug-likeness (QED) is 0.644. The number of halogens is 1. The topological polar surface area (TPSA) is 12.0 Å². The van der Waals surface area contributed by atoms with Gasteiger partial charge in [0.15, 0.2) is 0 Å². The SMILES string of the molecule is CCCc1ccccc1NC1CCCc2sc(I)cc21. The van der Waals surface area contributed by atoms with E-state index in [2.05, 4.69) is 65.2 Å². The minimum absolute atomic E-state index is 0.497. The number of fused-ring (bicyclic) bond motifs is 1. The Balaban J connectivity index is 1.85. The summed E-state index contributed by atoms with van der Waals surface area (Å²) < 4.78 is 1.42. The van der Waals surface area contributed by atoms with Crippen LogP contribution in [0.3, 0.4) is 0 Å². The van der Waals surface area contributed by atoms with Crippen LogP contribution in [0.4, 0.5) is 5.69 Å². The van der Waals surface area contributed by atoms with E-state index >= 15 is 0 Å². The highest BCUT2D eigenvalue weighted by molar-refractivity contribution is 14.1. The van der Waals surface area contributed by atoms with E-state index in [1.165, 1.54) is 45.4 Å². The van der Waals surface area contributed by atoms with Crippen molar-refractivity contribution in [2.75, 3.05) is 5.32 Å². The third kappa shape index (κ3) is 3.03. The Kier molecular flexibility index (Phi) is 4.66. The standard InChI is InChI=1S/C17H20INS/c1-2-6-12-7-3-4-8-14(12)19-15-9-5-10-16-13(15)11-17(18)20-16/h3-4,7-8,11,15,19H,2,5-6,9-10H2,1H3. The molecule has 1 aromatic heterocycles. The normalized spacial score (nSPS) is 17.8. The Morgan fingerprint density at radius 1 is 1.35 bits per heavy atom. The Morgan fingerprint density at radius 3 is 3.05 bits per heavy atom. The highest BCUT2D eigenvalue weighted by atomic mass is 127. The number of rotatable bonds is 4. The molecule has 1 heterocycles. The molecule has 1 unspecified atom stereocenters. The predicted molar refractivity (Wildman–Crippen MR) is 96.8 cm³/mol. The average Bonchev–Trinajstić information content (AvgIpc) is 2.83. The van der Waals surface area contributed by atoms with Gasteiger partial charge in [-0.2, -0.15) is 0 Å². The molecule has 3 heteroatoms. The maximum atomic E-state index is 3.81. The van der Waals surface area contributed by atoms with Gasteiger partial charge < -0.3 is 5.32 Å². The molecule has 20 heavy (non-hydrogen) atoms. The molecule has 1 nitrogen and oxygen atoms in total. The van der Waals surface area contributed by atoms with Crippen molar-refractivity contribution in [3.63, 3.8) is 0 Å². The van der Waals surface area contributed by atoms with E-state index in [1.807, 2.05) is 11.3 Å². The lowest BCUT2D eigenvalue weighted by Gasteiger charge is -2.26. The van der Waals surface area contributed by atoms with Crippen LogP contribution in [0.25, 0.3) is 0 Å². The minimum atomic E-state index is 0.497. The van der Waals surface area contributed by atoms with E-state index in [9.17, 15) is 0 Å². The number of hydrogen-bond acceptors (Lipinski definition) is 2. The molecule has 0 saturated carbocycles. The van der Waals surface area contributed by atoms with Crippen LogP contribution in [0.2, 0.25) is 0 Å². The second-order valence-electron chi connectivity index (χ2n) is 5.43. The highest BCUT2D eigenvalue weighted by Crippen LogP contribution is 2.38. The van der Waals surface area contributed by atoms with Gasteiger partial charge in [0.2, 0.25) is 0 Å². The molecule has 0 amide bonds. The predicted octanol–water partition coefficient (Wildman–Crippen LogP) is 5.79. The largest absolute Gasteiger partial charge is 0.378 e. The molecule has 0 saturated heterocycles. The zero-order valence-electron chi connectivity index (χ0n) is 11.8. The summed E-state index contributed by atoms with van der Waals surface area (Å²) in [5.74, 6) is 0. The fourth-order valence-electron chi connectivity index (χ4n) is 3.01. The zero-order chi connectivity index (χ0) is 13.9. The summed E-state index contributed by atoms with van der Waals surface area (Å²) in [6.45, 7) is 2.25. The van der Waals surface area contributed by atoms with Crippen LogP contribution in [0.15, 0.2) is 30.3 Å². The van der Waals surface area contributed by atoms with Crippen LogP contribution in [-0.2, 0) is 12.8 Å². The van der Waals surface area contributed by atoms with Gasteiger partial charge in [-0.3, -0.25) is 0 Å². The molecule has 2 aromatic rings. The van der Waals surface area contributed by atoms with Crippen molar-refractivity contribution in [1.82, 2.24) is 0 Å². The molecular formula is C17H20INS. The number of hydrogen-bond donors (Lipinski definition) is 1. The van der Waals surface area contributed by atoms with Gasteiger partial charge in [0.25, 0.3) is 0 Å². The van der Waals surface area contributed by atoms with Gasteiger partial charge in [-0.25, -0.2) is 0 Å². The van der Waals surface area contributed by atoms with Gasteiger partial charge in [0.1, 0.15) is 0 Å². The fourth-order valence-corrected chi connectivity index (χ4v) is 5.13. The van der Waals surface area contributed by atoms with Crippen LogP contribution in [-0.4, -0.2) is 0 Å². The van der Waals surface area contributed by atoms with Gasteiger partial charge in [-0.15, -0.1) is 11.3 Å². The molecule has 0 radical (unpaired) electrons. The third-order valence-electron chi connectivity index (χ3n) is 3.95. The summed E-state index contributed by atoms with van der Waals surface area (Å²) in [5, 5.41) is 3.81. The van der Waals surface area contributed by atoms with E-state index in [-0.39, 0.29) is 0 Å². The van der Waals surface area contributed by atoms with Crippen molar-refractivity contribution in [3.05, 3.63) is 49.2 Å². The molecule has 0 bridgehead atoms. The van der Waals surface area contributed by atoms with Gasteiger partial charge >= 0.3 is 0 Å². The summed E-state index contributed by atoms with van der Waals surface area (Å²) in [7, 11) is 0. The first-order valence-electron chi connectivity index (χ1n) is 7.40. The number of para-hydroxylation sites is 1. The molecule has 1 atom stereocenters. The summed E-state index contributed by atoms with van der Waals surface area (Å²) in [6, 6.07) is 11.7. The number of thiophene rings is 1. The third-order valence-corrected chi connectivity index (χ3v) is 5.92. The van der Waals surface area contributed by atoms with Crippen molar-refractivity contribution >= 4 is 39.6 Å². The maximum absolute atomic E-state index is 3.81. The van der Waals surface area contributed by atoms with Crippen molar-refractivity contribution in [2.24, 2.45) is 0 Å². The Bertz CT molecular complexity index is 590. The van der Waals surface area contributed by atoms with Gasteiger partial charge in [-0.1, -0.05) is 31.5 Å². The van der Waals surface area contributed by atoms with Crippen LogP contribution in [0.5, 0.6) is 0 Å². The number of aryl methyl sites for hydroxylation is 2. The molecule has 1 aliphatic rings. The molecule has 1 aliphatic carbocycles. The van der Waals surface area contributed by atoms with Crippen molar-refractivity contribution in [1.29, 1.82) is 0 Å². The minimum Gasteiger partial charge on any atom is -0.378 e. The first kappa shape index (κ1) is 14.4. The van der Waals surface area contributed by atoms with Gasteiger partial charge in [0, 0.05) is 10.6 Å². The molecule has 0 fully saturated rings. The van der Waals surface area contributed by atoms with Gasteiger partial charge in [-0.05, 0) is 71.5 Å². The summed E-state index contributed by atoms with van der Waals surface area (Å²) in [5.41, 5.74) is 4.32. The molecule has 1 aromatic carbocycles. The average molecular weight is 397 g/mol. The smallest absolute Gasteiger partial charge is 0.0660 e. The van der Waals surface area contributed by atoms with E-state index in [4.69, 9.17) is 0 Å². The molecular weight excluding hydrogens is 377 g/mol. The first-order chi connectivity index (χ1) is 9.78. The molecule has 0 aliphatic heterocycles. The summed E-state index contributed by atoms with van der Waals surface area (Å²) >= 11 is 4.42. The lowest BCUT2D eigenvalue weighted by molar-refractivity contribution is 0.608. The molecule has 106 valence electrons. The molecule has 3 rings (SSSR count). The lowest BCUT2D eigenvalue weighted by atomic mass is 9.93. The molecule has 0 spiro atoms. The zero-order valence-corrected chi connectivity index (χ0v) is 14.8. The maximum Gasteiger partial charge on any atom is 0.0660 e. The van der Waals surface area contributed by atoms with E-state index in [0.717, 1.165) is 6.42 Å². The number of anilines is 1. The second-order valence-corrected chi connectivity index (χ2v) is 8.46. The van der Waals surface area contributed by atoms with Crippen LogP contribution < -0.4 is 5.32 Å². The number of nitrogens with one attached hydrogen (secondary N) is 1. The highest BCUT2D eigenvalue weighted by Gasteiger charge is 2.22. The Labute approximate surface area is 138 Å². The van der Waals surface area contributed by atoms with Crippen LogP contribution in [0.1, 0.15) is 48.2 Å². The van der Waals surface area contributed by atoms with Gasteiger partial charge in [0.05, 0.1) is 8.93 Å². The van der Waals surface area contributed by atoms with E-state index < -0.39 is 0 Å². The lowest BCUT2D eigenvalue weighted by Crippen LogP contribution is -2.16. The number of benzene rings is 1. The van der Waals surface area contributed by atoms with Crippen LogP contribution >= 0.6 is 33.9 Å². The monoisotopic (exact) mass is 397 g/mol. The molecule has 1 N–H and O–H groups in total.